The molecule has 1 fully saturated rings. The first-order chi connectivity index (χ1) is 16.5. The van der Waals surface area contributed by atoms with Crippen LogP contribution in [0.25, 0.3) is 5.52 Å². The van der Waals surface area contributed by atoms with E-state index in [0.29, 0.717) is 17.9 Å². The zero-order chi connectivity index (χ0) is 23.8. The van der Waals surface area contributed by atoms with Crippen molar-refractivity contribution in [1.82, 2.24) is 19.2 Å². The van der Waals surface area contributed by atoms with Crippen LogP contribution in [0.3, 0.4) is 0 Å². The van der Waals surface area contributed by atoms with Crippen LogP contribution in [0, 0.1) is 0 Å². The summed E-state index contributed by atoms with van der Waals surface area (Å²) in [5.74, 6) is -1.07. The lowest BCUT2D eigenvalue weighted by Crippen LogP contribution is -2.45. The van der Waals surface area contributed by atoms with Gasteiger partial charge in [0.25, 0.3) is 0 Å². The lowest BCUT2D eigenvalue weighted by Gasteiger charge is -2.32. The number of likely N-dealkylation sites (N-methyl/N-ethyl adjacent to an activating group) is 1. The number of ether oxygens (including phenoxy) is 2. The quantitative estimate of drug-likeness (QED) is 0.401. The molecule has 176 valence electrons. The second kappa shape index (κ2) is 9.00. The Morgan fingerprint density at radius 2 is 1.88 bits per heavy atom. The Bertz CT molecular complexity index is 1290. The van der Waals surface area contributed by atoms with Gasteiger partial charge in [0.15, 0.2) is 5.78 Å². The summed E-state index contributed by atoms with van der Waals surface area (Å²) < 4.78 is 13.0. The van der Waals surface area contributed by atoms with Crippen molar-refractivity contribution in [3.05, 3.63) is 64.7 Å². The van der Waals surface area contributed by atoms with Crippen LogP contribution < -0.4 is 4.74 Å². The van der Waals surface area contributed by atoms with Crippen LogP contribution >= 0.6 is 0 Å². The second-order valence-corrected chi connectivity index (χ2v) is 8.46. The molecule has 0 N–H and O–H groups in total. The highest BCUT2D eigenvalue weighted by molar-refractivity contribution is 6.31. The predicted octanol–water partition coefficient (Wildman–Crippen LogP) is 1.91. The highest BCUT2D eigenvalue weighted by Gasteiger charge is 2.40. The van der Waals surface area contributed by atoms with Gasteiger partial charge in [0.05, 0.1) is 17.7 Å². The maximum Gasteiger partial charge on any atom is 0.341 e. The van der Waals surface area contributed by atoms with Gasteiger partial charge in [-0.05, 0) is 38.2 Å². The van der Waals surface area contributed by atoms with Crippen molar-refractivity contribution >= 4 is 23.1 Å². The molecule has 0 aromatic carbocycles. The van der Waals surface area contributed by atoms with Crippen LogP contribution in [0.4, 0.5) is 0 Å². The molecule has 0 saturated carbocycles. The highest BCUT2D eigenvalue weighted by Crippen LogP contribution is 2.37. The molecule has 2 aliphatic rings. The predicted molar refractivity (Wildman–Crippen MR) is 124 cm³/mol. The Labute approximate surface area is 196 Å². The third-order valence-corrected chi connectivity index (χ3v) is 6.37. The zero-order valence-electron chi connectivity index (χ0n) is 19.2. The van der Waals surface area contributed by atoms with Gasteiger partial charge in [-0.15, -0.1) is 0 Å². The molecule has 3 aromatic rings. The van der Waals surface area contributed by atoms with E-state index < -0.39 is 17.5 Å². The molecular weight excluding hydrogens is 436 g/mol. The van der Waals surface area contributed by atoms with E-state index in [0.717, 1.165) is 32.7 Å². The first kappa shape index (κ1) is 22.2. The second-order valence-electron chi connectivity index (χ2n) is 8.46. The molecule has 0 unspecified atom stereocenters. The van der Waals surface area contributed by atoms with Crippen molar-refractivity contribution < 1.29 is 23.9 Å². The molecule has 0 radical (unpaired) electrons. The summed E-state index contributed by atoms with van der Waals surface area (Å²) in [7, 11) is 2.11. The number of pyridine rings is 2. The standard InChI is InChI=1S/C25H26N4O5/c1-3-33-25(32)19-18-22(24(31)20-16(23(18)30)6-4-8-26-20)29-9-5-7-17(21(19)29)34-15-14-28-12-10-27(2)11-13-28/h4-9H,3,10-15H2,1-2H3. The Morgan fingerprint density at radius 3 is 2.65 bits per heavy atom. The summed E-state index contributed by atoms with van der Waals surface area (Å²) in [6.45, 7) is 6.92. The monoisotopic (exact) mass is 462 g/mol. The van der Waals surface area contributed by atoms with Crippen LogP contribution in [0.1, 0.15) is 49.4 Å². The maximum atomic E-state index is 13.4. The summed E-state index contributed by atoms with van der Waals surface area (Å²) in [4.78, 5) is 48.7. The molecule has 0 amide bonds. The molecule has 4 heterocycles. The van der Waals surface area contributed by atoms with Gasteiger partial charge in [-0.25, -0.2) is 4.79 Å². The van der Waals surface area contributed by atoms with Gasteiger partial charge in [-0.1, -0.05) is 0 Å². The van der Waals surface area contributed by atoms with E-state index in [1.807, 2.05) is 0 Å². The van der Waals surface area contributed by atoms with E-state index in [9.17, 15) is 14.4 Å². The largest absolute Gasteiger partial charge is 0.490 e. The number of piperazine rings is 1. The Morgan fingerprint density at radius 1 is 1.09 bits per heavy atom. The first-order valence-corrected chi connectivity index (χ1v) is 11.4. The van der Waals surface area contributed by atoms with E-state index in [1.165, 1.54) is 6.20 Å². The molecule has 9 heteroatoms. The highest BCUT2D eigenvalue weighted by atomic mass is 16.5. The molecule has 1 saturated heterocycles. The fourth-order valence-electron chi connectivity index (χ4n) is 4.61. The Balaban J connectivity index is 1.57. The van der Waals surface area contributed by atoms with Crippen LogP contribution in [0.5, 0.6) is 5.75 Å². The van der Waals surface area contributed by atoms with Crippen molar-refractivity contribution in [3.8, 4) is 5.75 Å². The summed E-state index contributed by atoms with van der Waals surface area (Å²) in [5.41, 5.74) is 0.826. The van der Waals surface area contributed by atoms with Gasteiger partial charge in [-0.2, -0.15) is 0 Å². The molecule has 1 aliphatic carbocycles. The lowest BCUT2D eigenvalue weighted by atomic mass is 9.89. The fourth-order valence-corrected chi connectivity index (χ4v) is 4.61. The average molecular weight is 463 g/mol. The molecule has 3 aromatic heterocycles. The maximum absolute atomic E-state index is 13.4. The number of ketones is 2. The normalized spacial score (nSPS) is 16.4. The van der Waals surface area contributed by atoms with Gasteiger partial charge in [0.2, 0.25) is 5.78 Å². The number of esters is 1. The van der Waals surface area contributed by atoms with Gasteiger partial charge >= 0.3 is 5.97 Å². The van der Waals surface area contributed by atoms with E-state index in [1.54, 1.807) is 41.8 Å². The van der Waals surface area contributed by atoms with E-state index in [-0.39, 0.29) is 34.7 Å². The summed E-state index contributed by atoms with van der Waals surface area (Å²) in [5, 5.41) is 0. The number of fused-ring (bicyclic) bond motifs is 4. The van der Waals surface area contributed by atoms with Crippen molar-refractivity contribution in [3.63, 3.8) is 0 Å². The van der Waals surface area contributed by atoms with Crippen LogP contribution in [0.15, 0.2) is 36.7 Å². The van der Waals surface area contributed by atoms with E-state index >= 15 is 0 Å². The van der Waals surface area contributed by atoms with E-state index in [4.69, 9.17) is 9.47 Å². The van der Waals surface area contributed by atoms with Crippen molar-refractivity contribution in [1.29, 1.82) is 0 Å². The average Bonchev–Trinajstić information content (AvgIpc) is 3.21. The number of carbonyl (C=O) groups is 3. The molecular formula is C25H26N4O5. The Hall–Kier alpha value is -3.56. The molecule has 5 rings (SSSR count). The minimum atomic E-state index is -0.662. The van der Waals surface area contributed by atoms with Crippen molar-refractivity contribution in [2.45, 2.75) is 6.92 Å². The molecule has 9 nitrogen and oxygen atoms in total. The smallest absolute Gasteiger partial charge is 0.341 e. The number of carbonyl (C=O) groups excluding carboxylic acids is 3. The number of aromatic nitrogens is 2. The van der Waals surface area contributed by atoms with Crippen LogP contribution in [-0.2, 0) is 4.74 Å². The molecule has 1 aliphatic heterocycles. The summed E-state index contributed by atoms with van der Waals surface area (Å²) in [6, 6.07) is 6.63. The van der Waals surface area contributed by atoms with Crippen molar-refractivity contribution in [2.24, 2.45) is 0 Å². The number of rotatable bonds is 6. The number of hydrogen-bond acceptors (Lipinski definition) is 8. The molecule has 0 atom stereocenters. The molecule has 34 heavy (non-hydrogen) atoms. The summed E-state index contributed by atoms with van der Waals surface area (Å²) >= 11 is 0. The number of nitrogens with zero attached hydrogens (tertiary/aromatic N) is 4. The first-order valence-electron chi connectivity index (χ1n) is 11.4. The zero-order valence-corrected chi connectivity index (χ0v) is 19.2. The fraction of sp³-hybridized carbons (Fsp3) is 0.360. The minimum Gasteiger partial charge on any atom is -0.490 e. The van der Waals surface area contributed by atoms with Gasteiger partial charge in [-0.3, -0.25) is 19.5 Å². The van der Waals surface area contributed by atoms with Gasteiger partial charge < -0.3 is 18.8 Å². The van der Waals surface area contributed by atoms with Crippen LogP contribution in [-0.4, -0.2) is 89.7 Å². The molecule has 0 bridgehead atoms. The van der Waals surface area contributed by atoms with E-state index in [2.05, 4.69) is 21.8 Å². The van der Waals surface area contributed by atoms with Gasteiger partial charge in [0.1, 0.15) is 34.8 Å². The topological polar surface area (TPSA) is 93.4 Å². The molecule has 0 spiro atoms. The Kier molecular flexibility index (Phi) is 5.89. The number of hydrogen-bond donors (Lipinski definition) is 0. The van der Waals surface area contributed by atoms with Gasteiger partial charge in [0, 0.05) is 45.1 Å². The SMILES string of the molecule is CCOC(=O)c1c2c(n3cccc(OCCN4CCN(C)CC4)c13)C(=O)c1ncccc1C2=O. The van der Waals surface area contributed by atoms with Crippen LogP contribution in [0.2, 0.25) is 0 Å². The third kappa shape index (κ3) is 3.66. The lowest BCUT2D eigenvalue weighted by molar-refractivity contribution is 0.0525. The summed E-state index contributed by atoms with van der Waals surface area (Å²) in [6.07, 6.45) is 3.13. The third-order valence-electron chi connectivity index (χ3n) is 6.37. The van der Waals surface area contributed by atoms with Crippen molar-refractivity contribution in [2.75, 3.05) is 53.0 Å². The minimum absolute atomic E-state index is 0.0408.